The monoisotopic (exact) mass is 252 g/mol. The SMILES string of the molecule is CCOC(C)(CC)C(NC)c1ncccc1OC. The lowest BCUT2D eigenvalue weighted by Gasteiger charge is -2.36. The highest BCUT2D eigenvalue weighted by Gasteiger charge is 2.36. The van der Waals surface area contributed by atoms with Crippen molar-refractivity contribution in [3.63, 3.8) is 0 Å². The number of rotatable bonds is 7. The van der Waals surface area contributed by atoms with Crippen molar-refractivity contribution in [2.45, 2.75) is 38.8 Å². The third-order valence-electron chi connectivity index (χ3n) is 3.37. The number of ether oxygens (including phenoxy) is 2. The molecule has 0 spiro atoms. The first-order chi connectivity index (χ1) is 8.62. The number of aromatic nitrogens is 1. The number of hydrogen-bond donors (Lipinski definition) is 1. The Kier molecular flexibility index (Phi) is 5.56. The van der Waals surface area contributed by atoms with Gasteiger partial charge in [0.25, 0.3) is 0 Å². The molecule has 1 aromatic rings. The Morgan fingerprint density at radius 1 is 1.44 bits per heavy atom. The van der Waals surface area contributed by atoms with Gasteiger partial charge >= 0.3 is 0 Å². The van der Waals surface area contributed by atoms with Crippen LogP contribution in [0.4, 0.5) is 0 Å². The van der Waals surface area contributed by atoms with Gasteiger partial charge in [-0.3, -0.25) is 4.98 Å². The highest BCUT2D eigenvalue weighted by atomic mass is 16.5. The fourth-order valence-electron chi connectivity index (χ4n) is 2.24. The summed E-state index contributed by atoms with van der Waals surface area (Å²) in [5.41, 5.74) is 0.589. The van der Waals surface area contributed by atoms with Crippen molar-refractivity contribution in [3.8, 4) is 5.75 Å². The predicted molar refractivity (Wildman–Crippen MR) is 72.9 cm³/mol. The quantitative estimate of drug-likeness (QED) is 0.810. The van der Waals surface area contributed by atoms with Crippen molar-refractivity contribution in [1.29, 1.82) is 0 Å². The Bertz CT molecular complexity index is 371. The minimum atomic E-state index is -0.300. The molecule has 0 saturated carbocycles. The van der Waals surface area contributed by atoms with E-state index in [1.807, 2.05) is 26.1 Å². The van der Waals surface area contributed by atoms with Crippen LogP contribution in [0.5, 0.6) is 5.75 Å². The maximum absolute atomic E-state index is 5.93. The standard InChI is InChI=1S/C14H24N2O2/c1-6-14(3,18-7-2)13(15-4)12-11(17-5)9-8-10-16-12/h8-10,13,15H,6-7H2,1-5H3. The summed E-state index contributed by atoms with van der Waals surface area (Å²) in [6, 6.07) is 3.80. The second-order valence-electron chi connectivity index (χ2n) is 4.41. The second kappa shape index (κ2) is 6.71. The maximum Gasteiger partial charge on any atom is 0.142 e. The van der Waals surface area contributed by atoms with Crippen LogP contribution in [0.15, 0.2) is 18.3 Å². The largest absolute Gasteiger partial charge is 0.495 e. The van der Waals surface area contributed by atoms with Crippen molar-refractivity contribution in [3.05, 3.63) is 24.0 Å². The molecule has 2 unspecified atom stereocenters. The van der Waals surface area contributed by atoms with Gasteiger partial charge in [0, 0.05) is 12.8 Å². The molecule has 1 aromatic heterocycles. The molecule has 2 atom stereocenters. The van der Waals surface area contributed by atoms with Gasteiger partial charge in [0.2, 0.25) is 0 Å². The van der Waals surface area contributed by atoms with E-state index in [1.54, 1.807) is 13.3 Å². The van der Waals surface area contributed by atoms with Crippen LogP contribution in [0.2, 0.25) is 0 Å². The molecule has 18 heavy (non-hydrogen) atoms. The molecule has 0 aromatic carbocycles. The fraction of sp³-hybridized carbons (Fsp3) is 0.643. The molecule has 1 heterocycles. The van der Waals surface area contributed by atoms with Crippen LogP contribution in [0, 0.1) is 0 Å². The van der Waals surface area contributed by atoms with Crippen molar-refractivity contribution in [1.82, 2.24) is 10.3 Å². The van der Waals surface area contributed by atoms with Gasteiger partial charge in [0.1, 0.15) is 11.4 Å². The lowest BCUT2D eigenvalue weighted by Crippen LogP contribution is -2.42. The van der Waals surface area contributed by atoms with Gasteiger partial charge in [-0.2, -0.15) is 0 Å². The summed E-state index contributed by atoms with van der Waals surface area (Å²) >= 11 is 0. The minimum Gasteiger partial charge on any atom is -0.495 e. The van der Waals surface area contributed by atoms with Crippen LogP contribution in [-0.4, -0.2) is 31.3 Å². The smallest absolute Gasteiger partial charge is 0.142 e. The normalized spacial score (nSPS) is 16.1. The van der Waals surface area contributed by atoms with Gasteiger partial charge in [-0.1, -0.05) is 6.92 Å². The van der Waals surface area contributed by atoms with E-state index in [9.17, 15) is 0 Å². The fourth-order valence-corrected chi connectivity index (χ4v) is 2.24. The van der Waals surface area contributed by atoms with Crippen molar-refractivity contribution < 1.29 is 9.47 Å². The number of hydrogen-bond acceptors (Lipinski definition) is 4. The first kappa shape index (κ1) is 14.9. The van der Waals surface area contributed by atoms with Crippen LogP contribution >= 0.6 is 0 Å². The van der Waals surface area contributed by atoms with E-state index in [-0.39, 0.29) is 11.6 Å². The molecule has 0 amide bonds. The van der Waals surface area contributed by atoms with E-state index in [0.29, 0.717) is 6.61 Å². The van der Waals surface area contributed by atoms with Crippen LogP contribution in [0.3, 0.4) is 0 Å². The molecule has 4 nitrogen and oxygen atoms in total. The topological polar surface area (TPSA) is 43.4 Å². The summed E-state index contributed by atoms with van der Waals surface area (Å²) < 4.78 is 11.3. The second-order valence-corrected chi connectivity index (χ2v) is 4.41. The highest BCUT2D eigenvalue weighted by Crippen LogP contribution is 2.35. The molecule has 0 bridgehead atoms. The molecule has 0 fully saturated rings. The molecule has 0 saturated heterocycles. The maximum atomic E-state index is 5.93. The number of methoxy groups -OCH3 is 1. The third kappa shape index (κ3) is 3.00. The zero-order chi connectivity index (χ0) is 13.6. The van der Waals surface area contributed by atoms with Gasteiger partial charge < -0.3 is 14.8 Å². The van der Waals surface area contributed by atoms with Gasteiger partial charge in [0.05, 0.1) is 18.8 Å². The predicted octanol–water partition coefficient (Wildman–Crippen LogP) is 2.56. The molecule has 0 radical (unpaired) electrons. The van der Waals surface area contributed by atoms with E-state index in [2.05, 4.69) is 24.1 Å². The summed E-state index contributed by atoms with van der Waals surface area (Å²) in [4.78, 5) is 4.45. The molecule has 0 aliphatic rings. The van der Waals surface area contributed by atoms with Crippen molar-refractivity contribution in [2.75, 3.05) is 20.8 Å². The van der Waals surface area contributed by atoms with Gasteiger partial charge in [-0.15, -0.1) is 0 Å². The molecule has 102 valence electrons. The zero-order valence-corrected chi connectivity index (χ0v) is 12.0. The minimum absolute atomic E-state index is 0.00130. The van der Waals surface area contributed by atoms with E-state index in [1.165, 1.54) is 0 Å². The lowest BCUT2D eigenvalue weighted by molar-refractivity contribution is -0.0560. The molecular formula is C14H24N2O2. The summed E-state index contributed by atoms with van der Waals surface area (Å²) in [6.07, 6.45) is 2.68. The first-order valence-corrected chi connectivity index (χ1v) is 6.43. The number of pyridine rings is 1. The van der Waals surface area contributed by atoms with Gasteiger partial charge in [-0.25, -0.2) is 0 Å². The number of nitrogens with one attached hydrogen (secondary N) is 1. The van der Waals surface area contributed by atoms with Crippen molar-refractivity contribution >= 4 is 0 Å². The molecular weight excluding hydrogens is 228 g/mol. The Hall–Kier alpha value is -1.13. The van der Waals surface area contributed by atoms with E-state index >= 15 is 0 Å². The summed E-state index contributed by atoms with van der Waals surface area (Å²) in [5, 5.41) is 3.30. The average molecular weight is 252 g/mol. The van der Waals surface area contributed by atoms with Crippen LogP contribution in [0.25, 0.3) is 0 Å². The molecule has 1 rings (SSSR count). The Labute approximate surface area is 110 Å². The Morgan fingerprint density at radius 3 is 2.67 bits per heavy atom. The van der Waals surface area contributed by atoms with Crippen LogP contribution in [-0.2, 0) is 4.74 Å². The zero-order valence-electron chi connectivity index (χ0n) is 12.0. The van der Waals surface area contributed by atoms with Gasteiger partial charge in [0.15, 0.2) is 0 Å². The summed E-state index contributed by atoms with van der Waals surface area (Å²) in [5.74, 6) is 0.788. The molecule has 0 aliphatic heterocycles. The van der Waals surface area contributed by atoms with E-state index in [4.69, 9.17) is 9.47 Å². The van der Waals surface area contributed by atoms with E-state index < -0.39 is 0 Å². The Morgan fingerprint density at radius 2 is 2.17 bits per heavy atom. The third-order valence-corrected chi connectivity index (χ3v) is 3.37. The summed E-state index contributed by atoms with van der Waals surface area (Å²) in [6.45, 7) is 6.91. The highest BCUT2D eigenvalue weighted by molar-refractivity contribution is 5.31. The van der Waals surface area contributed by atoms with Crippen molar-refractivity contribution in [2.24, 2.45) is 0 Å². The van der Waals surface area contributed by atoms with E-state index in [0.717, 1.165) is 17.9 Å². The first-order valence-electron chi connectivity index (χ1n) is 6.43. The van der Waals surface area contributed by atoms with Crippen LogP contribution in [0.1, 0.15) is 38.9 Å². The summed E-state index contributed by atoms with van der Waals surface area (Å²) in [7, 11) is 3.59. The lowest BCUT2D eigenvalue weighted by atomic mass is 9.90. The average Bonchev–Trinajstić information content (AvgIpc) is 2.40. The molecule has 1 N–H and O–H groups in total. The number of nitrogens with zero attached hydrogens (tertiary/aromatic N) is 1. The Balaban J connectivity index is 3.15. The molecule has 0 aliphatic carbocycles. The molecule has 4 heteroatoms. The van der Waals surface area contributed by atoms with Gasteiger partial charge in [-0.05, 0) is 39.4 Å². The van der Waals surface area contributed by atoms with Crippen LogP contribution < -0.4 is 10.1 Å². The number of likely N-dealkylation sites (N-methyl/N-ethyl adjacent to an activating group) is 1.